The molecule has 0 bridgehead atoms. The number of methoxy groups -OCH3 is 1. The molecule has 0 radical (unpaired) electrons. The molecule has 0 heterocycles. The van der Waals surface area contributed by atoms with Gasteiger partial charge >= 0.3 is 6.09 Å². The van der Waals surface area contributed by atoms with Gasteiger partial charge < -0.3 is 20.1 Å². The molecule has 116 valence electrons. The molecule has 2 N–H and O–H groups in total. The van der Waals surface area contributed by atoms with E-state index in [0.29, 0.717) is 36.9 Å². The van der Waals surface area contributed by atoms with E-state index < -0.39 is 6.09 Å². The lowest BCUT2D eigenvalue weighted by molar-refractivity contribution is 0.0951. The number of nitrogens with one attached hydrogen (secondary N) is 2. The summed E-state index contributed by atoms with van der Waals surface area (Å²) in [5.74, 6) is 0.702. The van der Waals surface area contributed by atoms with Gasteiger partial charge in [0.05, 0.1) is 13.7 Å². The molecule has 0 aromatic heterocycles. The average Bonchev–Trinajstić information content (AvgIpc) is 2.49. The molecule has 0 saturated heterocycles. The van der Waals surface area contributed by atoms with Crippen LogP contribution >= 0.6 is 0 Å². The van der Waals surface area contributed by atoms with Crippen LogP contribution in [-0.2, 0) is 4.74 Å². The van der Waals surface area contributed by atoms with Gasteiger partial charge in [-0.05, 0) is 24.1 Å². The Labute approximate surface area is 124 Å². The van der Waals surface area contributed by atoms with Crippen molar-refractivity contribution in [3.8, 4) is 5.75 Å². The Morgan fingerprint density at radius 1 is 1.19 bits per heavy atom. The number of amides is 2. The zero-order valence-corrected chi connectivity index (χ0v) is 12.6. The second kappa shape index (κ2) is 8.84. The van der Waals surface area contributed by atoms with E-state index >= 15 is 0 Å². The summed E-state index contributed by atoms with van der Waals surface area (Å²) in [5, 5.41) is 5.27. The van der Waals surface area contributed by atoms with Gasteiger partial charge in [0.1, 0.15) is 5.75 Å². The zero-order valence-electron chi connectivity index (χ0n) is 12.6. The van der Waals surface area contributed by atoms with E-state index in [4.69, 9.17) is 9.47 Å². The minimum Gasteiger partial charge on any atom is -0.497 e. The molecular weight excluding hydrogens is 272 g/mol. The van der Waals surface area contributed by atoms with Gasteiger partial charge in [0.15, 0.2) is 0 Å². The van der Waals surface area contributed by atoms with Crippen LogP contribution in [0.3, 0.4) is 0 Å². The largest absolute Gasteiger partial charge is 0.497 e. The van der Waals surface area contributed by atoms with E-state index in [0.717, 1.165) is 0 Å². The second-order valence-corrected chi connectivity index (χ2v) is 4.91. The Balaban J connectivity index is 2.26. The van der Waals surface area contributed by atoms with Crippen molar-refractivity contribution in [3.05, 3.63) is 29.8 Å². The number of hydrogen-bond donors (Lipinski definition) is 2. The quantitative estimate of drug-likeness (QED) is 0.752. The topological polar surface area (TPSA) is 76.7 Å². The van der Waals surface area contributed by atoms with E-state index in [1.807, 2.05) is 13.8 Å². The van der Waals surface area contributed by atoms with E-state index in [2.05, 4.69) is 10.6 Å². The van der Waals surface area contributed by atoms with Crippen molar-refractivity contribution in [1.29, 1.82) is 0 Å². The summed E-state index contributed by atoms with van der Waals surface area (Å²) in [4.78, 5) is 23.1. The molecule has 0 saturated carbocycles. The van der Waals surface area contributed by atoms with Gasteiger partial charge in [-0.15, -0.1) is 0 Å². The highest BCUT2D eigenvalue weighted by atomic mass is 16.5. The van der Waals surface area contributed by atoms with Gasteiger partial charge in [0.2, 0.25) is 0 Å². The maximum Gasteiger partial charge on any atom is 0.407 e. The molecule has 0 aliphatic rings. The lowest BCUT2D eigenvalue weighted by Gasteiger charge is -2.09. The van der Waals surface area contributed by atoms with Crippen LogP contribution in [0.4, 0.5) is 4.79 Å². The van der Waals surface area contributed by atoms with Gasteiger partial charge in [0.25, 0.3) is 5.91 Å². The molecule has 0 aliphatic carbocycles. The number of rotatable bonds is 7. The van der Waals surface area contributed by atoms with Crippen LogP contribution in [0.1, 0.15) is 24.2 Å². The predicted octanol–water partition coefficient (Wildman–Crippen LogP) is 1.81. The maximum absolute atomic E-state index is 11.9. The lowest BCUT2D eigenvalue weighted by atomic mass is 10.2. The van der Waals surface area contributed by atoms with E-state index in [9.17, 15) is 9.59 Å². The number of carbonyl (C=O) groups is 2. The molecule has 0 atom stereocenters. The fourth-order valence-corrected chi connectivity index (χ4v) is 1.50. The molecule has 1 aromatic carbocycles. The van der Waals surface area contributed by atoms with Gasteiger partial charge in [-0.25, -0.2) is 4.79 Å². The molecule has 0 spiro atoms. The van der Waals surface area contributed by atoms with Gasteiger partial charge in [0, 0.05) is 18.7 Å². The normalized spacial score (nSPS) is 10.1. The summed E-state index contributed by atoms with van der Waals surface area (Å²) in [5.41, 5.74) is 0.511. The van der Waals surface area contributed by atoms with Crippen LogP contribution in [0.2, 0.25) is 0 Å². The minimum atomic E-state index is -0.473. The highest BCUT2D eigenvalue weighted by Gasteiger charge is 2.07. The summed E-state index contributed by atoms with van der Waals surface area (Å²) < 4.78 is 10.0. The van der Waals surface area contributed by atoms with Crippen LogP contribution in [0.15, 0.2) is 24.3 Å². The number of alkyl carbamates (subject to hydrolysis) is 1. The van der Waals surface area contributed by atoms with E-state index in [1.54, 1.807) is 31.4 Å². The van der Waals surface area contributed by atoms with Crippen LogP contribution in [0.5, 0.6) is 5.75 Å². The summed E-state index contributed by atoms with van der Waals surface area (Å²) in [6.45, 7) is 4.94. The molecule has 0 aliphatic heterocycles. The first kappa shape index (κ1) is 16.8. The van der Waals surface area contributed by atoms with Gasteiger partial charge in [-0.1, -0.05) is 19.9 Å². The molecule has 6 heteroatoms. The molecular formula is C15H22N2O4. The van der Waals surface area contributed by atoms with Crippen molar-refractivity contribution < 1.29 is 19.1 Å². The third kappa shape index (κ3) is 6.65. The smallest absolute Gasteiger partial charge is 0.407 e. The maximum atomic E-state index is 11.9. The summed E-state index contributed by atoms with van der Waals surface area (Å²) in [6.07, 6.45) is -0.473. The van der Waals surface area contributed by atoms with Crippen molar-refractivity contribution in [3.63, 3.8) is 0 Å². The van der Waals surface area contributed by atoms with Gasteiger partial charge in [-0.3, -0.25) is 4.79 Å². The first-order chi connectivity index (χ1) is 10.0. The number of ether oxygens (including phenoxy) is 2. The molecule has 21 heavy (non-hydrogen) atoms. The van der Waals surface area contributed by atoms with Gasteiger partial charge in [-0.2, -0.15) is 0 Å². The number of hydrogen-bond acceptors (Lipinski definition) is 4. The summed E-state index contributed by atoms with van der Waals surface area (Å²) >= 11 is 0. The Bertz CT molecular complexity index is 474. The Morgan fingerprint density at radius 3 is 2.57 bits per heavy atom. The monoisotopic (exact) mass is 294 g/mol. The number of benzene rings is 1. The summed E-state index contributed by atoms with van der Waals surface area (Å²) in [7, 11) is 1.55. The first-order valence-corrected chi connectivity index (χ1v) is 6.85. The van der Waals surface area contributed by atoms with Crippen LogP contribution in [-0.4, -0.2) is 38.8 Å². The molecule has 2 amide bonds. The Morgan fingerprint density at radius 2 is 1.90 bits per heavy atom. The van der Waals surface area contributed by atoms with Crippen molar-refractivity contribution >= 4 is 12.0 Å². The third-order valence-electron chi connectivity index (χ3n) is 2.56. The number of carbonyl (C=O) groups excluding carboxylic acids is 2. The van der Waals surface area contributed by atoms with Crippen molar-refractivity contribution in [1.82, 2.24) is 10.6 Å². The standard InChI is InChI=1S/C15H22N2O4/c1-11(2)10-21-15(19)17-8-7-16-14(18)12-5-4-6-13(9-12)20-3/h4-6,9,11H,7-8,10H2,1-3H3,(H,16,18)(H,17,19). The molecule has 1 aromatic rings. The highest BCUT2D eigenvalue weighted by molar-refractivity contribution is 5.94. The SMILES string of the molecule is COc1cccc(C(=O)NCCNC(=O)OCC(C)C)c1. The predicted molar refractivity (Wildman–Crippen MR) is 79.5 cm³/mol. The fourth-order valence-electron chi connectivity index (χ4n) is 1.50. The molecule has 6 nitrogen and oxygen atoms in total. The van der Waals surface area contributed by atoms with E-state index in [1.165, 1.54) is 0 Å². The average molecular weight is 294 g/mol. The third-order valence-corrected chi connectivity index (χ3v) is 2.56. The minimum absolute atomic E-state index is 0.216. The summed E-state index contributed by atoms with van der Waals surface area (Å²) in [6, 6.07) is 6.86. The first-order valence-electron chi connectivity index (χ1n) is 6.85. The van der Waals surface area contributed by atoms with Crippen LogP contribution < -0.4 is 15.4 Å². The van der Waals surface area contributed by atoms with Crippen LogP contribution in [0.25, 0.3) is 0 Å². The molecule has 0 unspecified atom stereocenters. The molecule has 1 rings (SSSR count). The van der Waals surface area contributed by atoms with Crippen molar-refractivity contribution in [2.45, 2.75) is 13.8 Å². The van der Waals surface area contributed by atoms with E-state index in [-0.39, 0.29) is 5.91 Å². The highest BCUT2D eigenvalue weighted by Crippen LogP contribution is 2.12. The molecule has 0 fully saturated rings. The Hall–Kier alpha value is -2.24. The van der Waals surface area contributed by atoms with Crippen LogP contribution in [0, 0.1) is 5.92 Å². The van der Waals surface area contributed by atoms with Crippen molar-refractivity contribution in [2.75, 3.05) is 26.8 Å². The zero-order chi connectivity index (χ0) is 15.7. The fraction of sp³-hybridized carbons (Fsp3) is 0.467. The Kier molecular flexibility index (Phi) is 7.08. The van der Waals surface area contributed by atoms with Crippen molar-refractivity contribution in [2.24, 2.45) is 5.92 Å². The lowest BCUT2D eigenvalue weighted by Crippen LogP contribution is -2.35. The second-order valence-electron chi connectivity index (χ2n) is 4.91.